The maximum atomic E-state index is 13.0. The molecule has 2 rings (SSSR count). The van der Waals surface area contributed by atoms with Crippen molar-refractivity contribution < 1.29 is 19.1 Å². The highest BCUT2D eigenvalue weighted by Crippen LogP contribution is 2.33. The largest absolute Gasteiger partial charge is 0.497 e. The van der Waals surface area contributed by atoms with Crippen molar-refractivity contribution >= 4 is 17.8 Å². The molecule has 26 heavy (non-hydrogen) atoms. The van der Waals surface area contributed by atoms with Crippen LogP contribution < -0.4 is 15.4 Å². The number of unbranched alkanes of at least 4 members (excludes halogenated alkanes) is 2. The maximum absolute atomic E-state index is 13.0. The lowest BCUT2D eigenvalue weighted by molar-refractivity contribution is -0.135. The van der Waals surface area contributed by atoms with E-state index in [1.54, 1.807) is 31.4 Å². The van der Waals surface area contributed by atoms with Gasteiger partial charge in [-0.3, -0.25) is 14.5 Å². The number of nitrogens with one attached hydrogen (secondary N) is 2. The summed E-state index contributed by atoms with van der Waals surface area (Å²) in [6, 6.07) is 6.46. The van der Waals surface area contributed by atoms with E-state index in [1.807, 2.05) is 6.92 Å². The van der Waals surface area contributed by atoms with Crippen LogP contribution in [0.25, 0.3) is 0 Å². The summed E-state index contributed by atoms with van der Waals surface area (Å²) in [5.74, 6) is -0.0646. The Kier molecular flexibility index (Phi) is 6.60. The predicted octanol–water partition coefficient (Wildman–Crippen LogP) is 2.16. The number of nitrogens with zero attached hydrogens (tertiary/aromatic N) is 1. The van der Waals surface area contributed by atoms with Crippen LogP contribution in [0.5, 0.6) is 5.75 Å². The van der Waals surface area contributed by atoms with Gasteiger partial charge in [0.2, 0.25) is 5.91 Å². The summed E-state index contributed by atoms with van der Waals surface area (Å²) >= 11 is 0. The second-order valence-electron chi connectivity index (χ2n) is 6.37. The summed E-state index contributed by atoms with van der Waals surface area (Å²) in [5.41, 5.74) is -0.476. The van der Waals surface area contributed by atoms with Crippen LogP contribution in [-0.4, -0.2) is 42.9 Å². The minimum Gasteiger partial charge on any atom is -0.497 e. The fourth-order valence-corrected chi connectivity index (χ4v) is 3.09. The zero-order chi connectivity index (χ0) is 19.2. The number of amides is 4. The van der Waals surface area contributed by atoms with E-state index < -0.39 is 17.5 Å². The summed E-state index contributed by atoms with van der Waals surface area (Å²) < 4.78 is 5.14. The van der Waals surface area contributed by atoms with Gasteiger partial charge in [0.05, 0.1) is 7.11 Å². The van der Waals surface area contributed by atoms with Crippen LogP contribution in [0.1, 0.15) is 45.1 Å². The van der Waals surface area contributed by atoms with Gasteiger partial charge in [0.1, 0.15) is 17.8 Å². The minimum atomic E-state index is -1.15. The monoisotopic (exact) mass is 361 g/mol. The van der Waals surface area contributed by atoms with Crippen LogP contribution >= 0.6 is 0 Å². The zero-order valence-corrected chi connectivity index (χ0v) is 15.6. The molecule has 0 unspecified atom stereocenters. The van der Waals surface area contributed by atoms with Gasteiger partial charge in [-0.15, -0.1) is 0 Å². The van der Waals surface area contributed by atoms with Crippen LogP contribution in [-0.2, 0) is 15.1 Å². The summed E-state index contributed by atoms with van der Waals surface area (Å²) in [6.45, 7) is 4.19. The average Bonchev–Trinajstić information content (AvgIpc) is 2.90. The molecule has 142 valence electrons. The Bertz CT molecular complexity index is 659. The van der Waals surface area contributed by atoms with Crippen LogP contribution in [0.2, 0.25) is 0 Å². The van der Waals surface area contributed by atoms with Gasteiger partial charge in [-0.2, -0.15) is 0 Å². The SMILES string of the molecule is CCCCCNC(=O)CN1C(=O)N[C@@](CC)(c2ccc(OC)cc2)C1=O. The number of methoxy groups -OCH3 is 1. The smallest absolute Gasteiger partial charge is 0.325 e. The third kappa shape index (κ3) is 3.98. The van der Waals surface area contributed by atoms with Crippen molar-refractivity contribution in [2.24, 2.45) is 0 Å². The number of benzene rings is 1. The van der Waals surface area contributed by atoms with Crippen LogP contribution in [0.15, 0.2) is 24.3 Å². The molecule has 1 aliphatic heterocycles. The molecule has 1 saturated heterocycles. The summed E-state index contributed by atoms with van der Waals surface area (Å²) in [5, 5.41) is 5.53. The number of carbonyl (C=O) groups is 3. The van der Waals surface area contributed by atoms with Crippen molar-refractivity contribution in [3.05, 3.63) is 29.8 Å². The van der Waals surface area contributed by atoms with Crippen LogP contribution in [0.4, 0.5) is 4.79 Å². The molecule has 0 saturated carbocycles. The van der Waals surface area contributed by atoms with E-state index in [0.717, 1.165) is 24.2 Å². The molecule has 1 atom stereocenters. The number of urea groups is 1. The first-order valence-electron chi connectivity index (χ1n) is 9.03. The van der Waals surface area contributed by atoms with E-state index in [4.69, 9.17) is 4.74 Å². The summed E-state index contributed by atoms with van der Waals surface area (Å²) in [4.78, 5) is 38.4. The Labute approximate surface area is 154 Å². The third-order valence-corrected chi connectivity index (χ3v) is 4.69. The number of carbonyl (C=O) groups excluding carboxylic acids is 3. The Balaban J connectivity index is 2.10. The van der Waals surface area contributed by atoms with Gasteiger partial charge >= 0.3 is 6.03 Å². The van der Waals surface area contributed by atoms with E-state index >= 15 is 0 Å². The molecule has 1 heterocycles. The molecule has 1 fully saturated rings. The number of hydrogen-bond donors (Lipinski definition) is 2. The lowest BCUT2D eigenvalue weighted by Crippen LogP contribution is -2.44. The predicted molar refractivity (Wildman–Crippen MR) is 97.7 cm³/mol. The van der Waals surface area contributed by atoms with Crippen LogP contribution in [0, 0.1) is 0 Å². The van der Waals surface area contributed by atoms with Crippen molar-refractivity contribution in [3.8, 4) is 5.75 Å². The van der Waals surface area contributed by atoms with Crippen molar-refractivity contribution in [1.82, 2.24) is 15.5 Å². The highest BCUT2D eigenvalue weighted by atomic mass is 16.5. The van der Waals surface area contributed by atoms with E-state index in [0.29, 0.717) is 24.3 Å². The molecule has 0 radical (unpaired) electrons. The highest BCUT2D eigenvalue weighted by molar-refractivity contribution is 6.09. The topological polar surface area (TPSA) is 87.7 Å². The Hall–Kier alpha value is -2.57. The number of imide groups is 1. The van der Waals surface area contributed by atoms with E-state index in [2.05, 4.69) is 17.6 Å². The molecule has 1 aromatic carbocycles. The molecular weight excluding hydrogens is 334 g/mol. The van der Waals surface area contributed by atoms with E-state index in [1.165, 1.54) is 0 Å². The zero-order valence-electron chi connectivity index (χ0n) is 15.6. The first-order chi connectivity index (χ1) is 12.5. The normalized spacial score (nSPS) is 19.4. The standard InChI is InChI=1S/C19H27N3O4/c1-4-6-7-12-20-16(23)13-22-17(24)19(5-2,21-18(22)25)14-8-10-15(26-3)11-9-14/h8-11H,4-7,12-13H2,1-3H3,(H,20,23)(H,21,25)/t19-/m0/s1. The average molecular weight is 361 g/mol. The molecule has 7 nitrogen and oxygen atoms in total. The number of hydrogen-bond acceptors (Lipinski definition) is 4. The van der Waals surface area contributed by atoms with E-state index in [9.17, 15) is 14.4 Å². The minimum absolute atomic E-state index is 0.269. The fraction of sp³-hybridized carbons (Fsp3) is 0.526. The van der Waals surface area contributed by atoms with Gasteiger partial charge in [0, 0.05) is 6.54 Å². The maximum Gasteiger partial charge on any atom is 0.325 e. The van der Waals surface area contributed by atoms with Gasteiger partial charge in [0.15, 0.2) is 0 Å². The molecule has 4 amide bonds. The van der Waals surface area contributed by atoms with Gasteiger partial charge in [0.25, 0.3) is 5.91 Å². The fourth-order valence-electron chi connectivity index (χ4n) is 3.09. The Morgan fingerprint density at radius 1 is 1.19 bits per heavy atom. The Morgan fingerprint density at radius 3 is 2.46 bits per heavy atom. The molecule has 2 N–H and O–H groups in total. The summed E-state index contributed by atoms with van der Waals surface area (Å²) in [6.07, 6.45) is 3.36. The summed E-state index contributed by atoms with van der Waals surface area (Å²) in [7, 11) is 1.56. The molecule has 0 aromatic heterocycles. The van der Waals surface area contributed by atoms with Gasteiger partial charge < -0.3 is 15.4 Å². The van der Waals surface area contributed by atoms with Crippen molar-refractivity contribution in [1.29, 1.82) is 0 Å². The molecule has 7 heteroatoms. The number of rotatable bonds is 9. The van der Waals surface area contributed by atoms with Gasteiger partial charge in [-0.05, 0) is 30.5 Å². The Morgan fingerprint density at radius 2 is 1.88 bits per heavy atom. The highest BCUT2D eigenvalue weighted by Gasteiger charge is 2.51. The van der Waals surface area contributed by atoms with Gasteiger partial charge in [-0.25, -0.2) is 4.79 Å². The lowest BCUT2D eigenvalue weighted by Gasteiger charge is -2.26. The van der Waals surface area contributed by atoms with Crippen LogP contribution in [0.3, 0.4) is 0 Å². The second kappa shape index (κ2) is 8.69. The lowest BCUT2D eigenvalue weighted by atomic mass is 9.87. The van der Waals surface area contributed by atoms with Crippen molar-refractivity contribution in [2.45, 2.75) is 45.1 Å². The second-order valence-corrected chi connectivity index (χ2v) is 6.37. The van der Waals surface area contributed by atoms with Gasteiger partial charge in [-0.1, -0.05) is 38.8 Å². The molecular formula is C19H27N3O4. The van der Waals surface area contributed by atoms with Crippen molar-refractivity contribution in [3.63, 3.8) is 0 Å². The van der Waals surface area contributed by atoms with Crippen molar-refractivity contribution in [2.75, 3.05) is 20.2 Å². The third-order valence-electron chi connectivity index (χ3n) is 4.69. The number of ether oxygens (including phenoxy) is 1. The van der Waals surface area contributed by atoms with E-state index in [-0.39, 0.29) is 12.5 Å². The molecule has 0 bridgehead atoms. The molecule has 0 spiro atoms. The first kappa shape index (κ1) is 19.8. The molecule has 1 aromatic rings. The molecule has 0 aliphatic carbocycles. The first-order valence-corrected chi connectivity index (χ1v) is 9.03. The molecule has 1 aliphatic rings. The quantitative estimate of drug-likeness (QED) is 0.521.